The van der Waals surface area contributed by atoms with E-state index in [1.54, 1.807) is 0 Å². The van der Waals surface area contributed by atoms with Crippen LogP contribution in [0.4, 0.5) is 0 Å². The topological polar surface area (TPSA) is 66.8 Å². The monoisotopic (exact) mass is 322 g/mol. The van der Waals surface area contributed by atoms with Crippen molar-refractivity contribution in [3.63, 3.8) is 0 Å². The SMILES string of the molecule is CC(C)[C@](O)(CCc1ccccc1CO)CC(=O)OC(C)(C)C. The lowest BCUT2D eigenvalue weighted by Crippen LogP contribution is -2.40. The van der Waals surface area contributed by atoms with Gasteiger partial charge in [-0.1, -0.05) is 38.1 Å². The predicted octanol–water partition coefficient (Wildman–Crippen LogP) is 3.23. The Morgan fingerprint density at radius 3 is 2.22 bits per heavy atom. The molecule has 0 fully saturated rings. The highest BCUT2D eigenvalue weighted by Gasteiger charge is 2.35. The Hall–Kier alpha value is -1.39. The molecule has 1 atom stereocenters. The molecular formula is C19H30O4. The molecule has 4 heteroatoms. The molecule has 0 amide bonds. The molecule has 1 rings (SSSR count). The Kier molecular flexibility index (Phi) is 6.78. The van der Waals surface area contributed by atoms with Crippen LogP contribution in [0, 0.1) is 5.92 Å². The van der Waals surface area contributed by atoms with Gasteiger partial charge in [-0.25, -0.2) is 0 Å². The van der Waals surface area contributed by atoms with Crippen LogP contribution >= 0.6 is 0 Å². The molecule has 0 unspecified atom stereocenters. The summed E-state index contributed by atoms with van der Waals surface area (Å²) < 4.78 is 5.34. The maximum absolute atomic E-state index is 12.1. The van der Waals surface area contributed by atoms with Crippen LogP contribution in [0.15, 0.2) is 24.3 Å². The van der Waals surface area contributed by atoms with Crippen molar-refractivity contribution in [1.82, 2.24) is 0 Å². The first-order valence-electron chi connectivity index (χ1n) is 8.19. The smallest absolute Gasteiger partial charge is 0.309 e. The van der Waals surface area contributed by atoms with Crippen molar-refractivity contribution in [2.24, 2.45) is 5.92 Å². The molecule has 1 aromatic rings. The molecule has 0 saturated carbocycles. The van der Waals surface area contributed by atoms with Gasteiger partial charge in [0.25, 0.3) is 0 Å². The normalized spacial score (nSPS) is 14.6. The average molecular weight is 322 g/mol. The highest BCUT2D eigenvalue weighted by molar-refractivity contribution is 5.71. The first kappa shape index (κ1) is 19.7. The number of hydrogen-bond acceptors (Lipinski definition) is 4. The molecule has 2 N–H and O–H groups in total. The van der Waals surface area contributed by atoms with E-state index in [1.807, 2.05) is 58.9 Å². The lowest BCUT2D eigenvalue weighted by Gasteiger charge is -2.33. The zero-order chi connectivity index (χ0) is 17.7. The minimum absolute atomic E-state index is 0.0246. The van der Waals surface area contributed by atoms with E-state index in [4.69, 9.17) is 4.74 Å². The number of benzene rings is 1. The summed E-state index contributed by atoms with van der Waals surface area (Å²) in [6, 6.07) is 7.61. The van der Waals surface area contributed by atoms with Crippen LogP contribution in [-0.2, 0) is 22.6 Å². The van der Waals surface area contributed by atoms with E-state index in [9.17, 15) is 15.0 Å². The maximum atomic E-state index is 12.1. The highest BCUT2D eigenvalue weighted by Crippen LogP contribution is 2.29. The van der Waals surface area contributed by atoms with Gasteiger partial charge in [0.1, 0.15) is 5.60 Å². The van der Waals surface area contributed by atoms with Gasteiger partial charge < -0.3 is 14.9 Å². The molecular weight excluding hydrogens is 292 g/mol. The molecule has 0 bridgehead atoms. The number of ether oxygens (including phenoxy) is 1. The van der Waals surface area contributed by atoms with Crippen LogP contribution in [0.5, 0.6) is 0 Å². The van der Waals surface area contributed by atoms with Gasteiger partial charge >= 0.3 is 5.97 Å². The second-order valence-electron chi connectivity index (χ2n) is 7.45. The fourth-order valence-corrected chi connectivity index (χ4v) is 2.52. The van der Waals surface area contributed by atoms with Gasteiger partial charge in [0.05, 0.1) is 18.6 Å². The summed E-state index contributed by atoms with van der Waals surface area (Å²) >= 11 is 0. The maximum Gasteiger partial charge on any atom is 0.309 e. The third-order valence-corrected chi connectivity index (χ3v) is 4.06. The van der Waals surface area contributed by atoms with Crippen molar-refractivity contribution in [2.75, 3.05) is 0 Å². The Bertz CT molecular complexity index is 516. The van der Waals surface area contributed by atoms with Crippen LogP contribution in [0.3, 0.4) is 0 Å². The Labute approximate surface area is 139 Å². The number of aliphatic hydroxyl groups excluding tert-OH is 1. The van der Waals surface area contributed by atoms with Crippen LogP contribution in [0.2, 0.25) is 0 Å². The second kappa shape index (κ2) is 7.93. The molecule has 0 aromatic heterocycles. The summed E-state index contributed by atoms with van der Waals surface area (Å²) in [5, 5.41) is 20.3. The second-order valence-corrected chi connectivity index (χ2v) is 7.45. The molecule has 1 aromatic carbocycles. The molecule has 0 aliphatic heterocycles. The van der Waals surface area contributed by atoms with Gasteiger partial charge in [-0.05, 0) is 50.7 Å². The average Bonchev–Trinajstić information content (AvgIpc) is 2.43. The number of esters is 1. The van der Waals surface area contributed by atoms with E-state index in [-0.39, 0.29) is 24.9 Å². The number of aliphatic hydroxyl groups is 2. The fourth-order valence-electron chi connectivity index (χ4n) is 2.52. The van der Waals surface area contributed by atoms with E-state index < -0.39 is 11.2 Å². The Morgan fingerprint density at radius 1 is 1.17 bits per heavy atom. The summed E-state index contributed by atoms with van der Waals surface area (Å²) in [7, 11) is 0. The zero-order valence-electron chi connectivity index (χ0n) is 14.9. The molecule has 0 spiro atoms. The minimum Gasteiger partial charge on any atom is -0.460 e. The van der Waals surface area contributed by atoms with Crippen molar-refractivity contribution in [3.05, 3.63) is 35.4 Å². The minimum atomic E-state index is -1.12. The fraction of sp³-hybridized carbons (Fsp3) is 0.632. The van der Waals surface area contributed by atoms with Gasteiger partial charge in [0.15, 0.2) is 0 Å². The molecule has 0 aliphatic carbocycles. The van der Waals surface area contributed by atoms with Crippen LogP contribution < -0.4 is 0 Å². The summed E-state index contributed by atoms with van der Waals surface area (Å²) in [6.07, 6.45) is 1.03. The van der Waals surface area contributed by atoms with Crippen molar-refractivity contribution < 1.29 is 19.7 Å². The van der Waals surface area contributed by atoms with E-state index in [2.05, 4.69) is 0 Å². The van der Waals surface area contributed by atoms with Crippen molar-refractivity contribution in [3.8, 4) is 0 Å². The standard InChI is InChI=1S/C19H30O4/c1-14(2)19(22,12-17(21)23-18(3,4)5)11-10-15-8-6-7-9-16(15)13-20/h6-9,14,20,22H,10-13H2,1-5H3/t19-/m0/s1. The Balaban J connectivity index is 2.79. The molecule has 0 aliphatic rings. The van der Waals surface area contributed by atoms with Crippen LogP contribution in [0.25, 0.3) is 0 Å². The number of aryl methyl sites for hydroxylation is 1. The van der Waals surface area contributed by atoms with Gasteiger partial charge in [-0.2, -0.15) is 0 Å². The van der Waals surface area contributed by atoms with Crippen LogP contribution in [0.1, 0.15) is 58.6 Å². The first-order valence-corrected chi connectivity index (χ1v) is 8.19. The third kappa shape index (κ3) is 6.32. The first-order chi connectivity index (χ1) is 10.6. The van der Waals surface area contributed by atoms with Gasteiger partial charge in [-0.15, -0.1) is 0 Å². The molecule has 0 heterocycles. The lowest BCUT2D eigenvalue weighted by atomic mass is 9.81. The van der Waals surface area contributed by atoms with E-state index in [1.165, 1.54) is 0 Å². The quantitative estimate of drug-likeness (QED) is 0.756. The highest BCUT2D eigenvalue weighted by atomic mass is 16.6. The summed E-state index contributed by atoms with van der Waals surface area (Å²) in [5.74, 6) is -0.458. The molecule has 0 radical (unpaired) electrons. The van der Waals surface area contributed by atoms with Gasteiger partial charge in [0.2, 0.25) is 0 Å². The summed E-state index contributed by atoms with van der Waals surface area (Å²) in [6.45, 7) is 9.23. The number of carbonyl (C=O) groups excluding carboxylic acids is 1. The number of hydrogen-bond donors (Lipinski definition) is 2. The van der Waals surface area contributed by atoms with Crippen molar-refractivity contribution >= 4 is 5.97 Å². The third-order valence-electron chi connectivity index (χ3n) is 4.06. The summed E-state index contributed by atoms with van der Waals surface area (Å²) in [4.78, 5) is 12.1. The molecule has 130 valence electrons. The predicted molar refractivity (Wildman–Crippen MR) is 90.9 cm³/mol. The molecule has 23 heavy (non-hydrogen) atoms. The van der Waals surface area contributed by atoms with E-state index >= 15 is 0 Å². The van der Waals surface area contributed by atoms with Crippen molar-refractivity contribution in [1.29, 1.82) is 0 Å². The largest absolute Gasteiger partial charge is 0.460 e. The van der Waals surface area contributed by atoms with Gasteiger partial charge in [0, 0.05) is 0 Å². The number of carbonyl (C=O) groups is 1. The molecule has 4 nitrogen and oxygen atoms in total. The zero-order valence-corrected chi connectivity index (χ0v) is 14.9. The number of rotatable bonds is 7. The van der Waals surface area contributed by atoms with E-state index in [0.29, 0.717) is 12.8 Å². The van der Waals surface area contributed by atoms with Crippen molar-refractivity contribution in [2.45, 2.75) is 71.7 Å². The lowest BCUT2D eigenvalue weighted by molar-refractivity contribution is -0.162. The Morgan fingerprint density at radius 2 is 1.74 bits per heavy atom. The van der Waals surface area contributed by atoms with E-state index in [0.717, 1.165) is 11.1 Å². The van der Waals surface area contributed by atoms with Crippen LogP contribution in [-0.4, -0.2) is 27.4 Å². The molecule has 0 saturated heterocycles. The summed E-state index contributed by atoms with van der Waals surface area (Å²) in [5.41, 5.74) is 0.178. The van der Waals surface area contributed by atoms with Gasteiger partial charge in [-0.3, -0.25) is 4.79 Å².